The average Bonchev–Trinajstić information content (AvgIpc) is 2.92. The smallest absolute Gasteiger partial charge is 0.250 e. The summed E-state index contributed by atoms with van der Waals surface area (Å²) in [4.78, 5) is 6.45. The second-order valence-electron chi connectivity index (χ2n) is 7.60. The molecule has 0 bridgehead atoms. The zero-order valence-corrected chi connectivity index (χ0v) is 19.3. The molecule has 2 aromatic heterocycles. The van der Waals surface area contributed by atoms with Crippen LogP contribution in [-0.4, -0.2) is 9.97 Å². The van der Waals surface area contributed by atoms with E-state index in [0.717, 1.165) is 24.3 Å². The molecule has 8 nitrogen and oxygen atoms in total. The van der Waals surface area contributed by atoms with Gasteiger partial charge in [0, 0.05) is 34.0 Å². The van der Waals surface area contributed by atoms with E-state index in [-0.39, 0.29) is 32.7 Å². The molecular weight excluding hydrogens is 538 g/mol. The lowest BCUT2D eigenvalue weighted by atomic mass is 9.95. The van der Waals surface area contributed by atoms with Gasteiger partial charge in [-0.1, -0.05) is 0 Å². The number of hydrogen-bond acceptors (Lipinski definition) is 8. The number of hydrogen-bond donors (Lipinski definition) is 0. The molecule has 0 radical (unpaired) electrons. The van der Waals surface area contributed by atoms with Crippen molar-refractivity contribution in [3.05, 3.63) is 91.9 Å². The van der Waals surface area contributed by atoms with Crippen molar-refractivity contribution < 1.29 is 26.3 Å². The first-order chi connectivity index (χ1) is 18.8. The van der Waals surface area contributed by atoms with Gasteiger partial charge >= 0.3 is 12.4 Å². The maximum absolute atomic E-state index is 13.1. The Hall–Kier alpha value is -6.22. The van der Waals surface area contributed by atoms with Crippen molar-refractivity contribution in [2.24, 2.45) is 0 Å². The predicted molar refractivity (Wildman–Crippen MR) is 119 cm³/mol. The van der Waals surface area contributed by atoms with Crippen LogP contribution in [0, 0.1) is 68.0 Å². The van der Waals surface area contributed by atoms with E-state index >= 15 is 0 Å². The van der Waals surface area contributed by atoms with E-state index in [1.54, 1.807) is 24.3 Å². The van der Waals surface area contributed by atoms with E-state index in [1.165, 1.54) is 12.1 Å². The van der Waals surface area contributed by atoms with Crippen LogP contribution in [0.25, 0.3) is 11.1 Å². The summed E-state index contributed by atoms with van der Waals surface area (Å²) in [5.41, 5.74) is -6.94. The number of aromatic nitrogens is 2. The minimum Gasteiger partial charge on any atom is -0.250 e. The topological polar surface area (TPSA) is 169 Å². The van der Waals surface area contributed by atoms with E-state index in [2.05, 4.69) is 9.97 Å². The monoisotopic (exact) mass is 544 g/mol. The molecule has 40 heavy (non-hydrogen) atoms. The number of halogens is 6. The molecule has 0 atom stereocenters. The lowest BCUT2D eigenvalue weighted by molar-refractivity contribution is -0.142. The van der Waals surface area contributed by atoms with Crippen molar-refractivity contribution in [3.63, 3.8) is 0 Å². The summed E-state index contributed by atoms with van der Waals surface area (Å²) >= 11 is 0. The van der Waals surface area contributed by atoms with Gasteiger partial charge in [0.1, 0.15) is 24.3 Å². The molecule has 1 aromatic carbocycles. The van der Waals surface area contributed by atoms with E-state index in [1.807, 2.05) is 0 Å². The molecule has 0 aliphatic rings. The molecule has 3 rings (SSSR count). The summed E-state index contributed by atoms with van der Waals surface area (Å²) in [7, 11) is 0. The Labute approximate surface area is 220 Å². The van der Waals surface area contributed by atoms with Gasteiger partial charge in [0.2, 0.25) is 0 Å². The highest BCUT2D eigenvalue weighted by Crippen LogP contribution is 2.32. The first kappa shape index (κ1) is 28.4. The normalized spacial score (nSPS) is 12.4. The van der Waals surface area contributed by atoms with Crippen molar-refractivity contribution in [1.82, 2.24) is 9.97 Å². The third-order valence-corrected chi connectivity index (χ3v) is 5.29. The standard InChI is InChI=1S/C26H6F6N8/c27-25(28,29)23-15(7-35)1-17(11-39-23)21(9-37)19-3-14(6-34)20(4-13(19)5-33)22(10-38)18-2-16(8-36)24(40-12-18)26(30,31)32/h1-4,11-12H/b21-19+,22-20+. The Morgan fingerprint density at radius 1 is 0.525 bits per heavy atom. The number of rotatable bonds is 2. The quantitative estimate of drug-likeness (QED) is 0.442. The molecule has 3 aromatic rings. The van der Waals surface area contributed by atoms with Crippen LogP contribution in [0.2, 0.25) is 0 Å². The van der Waals surface area contributed by atoms with Crippen molar-refractivity contribution in [2.75, 3.05) is 0 Å². The highest BCUT2D eigenvalue weighted by molar-refractivity contribution is 5.81. The van der Waals surface area contributed by atoms with E-state index in [9.17, 15) is 47.4 Å². The van der Waals surface area contributed by atoms with Crippen LogP contribution in [0.1, 0.15) is 44.8 Å². The van der Waals surface area contributed by atoms with Crippen molar-refractivity contribution in [3.8, 4) is 36.4 Å². The highest BCUT2D eigenvalue weighted by atomic mass is 19.4. The summed E-state index contributed by atoms with van der Waals surface area (Å²) in [6.07, 6.45) is -8.61. The number of benzene rings is 1. The maximum Gasteiger partial charge on any atom is 0.434 e. The van der Waals surface area contributed by atoms with Gasteiger partial charge in [-0.05, 0) is 24.3 Å². The van der Waals surface area contributed by atoms with Gasteiger partial charge in [-0.3, -0.25) is 0 Å². The lowest BCUT2D eigenvalue weighted by Crippen LogP contribution is -2.22. The van der Waals surface area contributed by atoms with Crippen LogP contribution in [0.4, 0.5) is 26.3 Å². The second kappa shape index (κ2) is 10.6. The summed E-state index contributed by atoms with van der Waals surface area (Å²) in [5, 5.41) is 56.8. The second-order valence-corrected chi connectivity index (χ2v) is 7.60. The van der Waals surface area contributed by atoms with Gasteiger partial charge < -0.3 is 0 Å². The van der Waals surface area contributed by atoms with Crippen LogP contribution in [0.15, 0.2) is 36.7 Å². The summed E-state index contributed by atoms with van der Waals surface area (Å²) in [6, 6.07) is 13.0. The maximum atomic E-state index is 13.1. The molecule has 0 aliphatic carbocycles. The Kier molecular flexibility index (Phi) is 7.54. The molecule has 2 heterocycles. The molecule has 14 heteroatoms. The molecule has 0 saturated heterocycles. The van der Waals surface area contributed by atoms with Crippen molar-refractivity contribution in [2.45, 2.75) is 12.4 Å². The SMILES string of the molecule is N#C/C(c1cnc(C(F)(F)F)c(C#N)c1)=c1/cc(C#N)/c(=C(\C#N)c2cnc(C(F)(F)F)c(C#N)c2)cc1C#N. The van der Waals surface area contributed by atoms with Gasteiger partial charge in [-0.2, -0.15) is 57.9 Å². The fourth-order valence-corrected chi connectivity index (χ4v) is 3.58. The summed E-state index contributed by atoms with van der Waals surface area (Å²) < 4.78 is 78.8. The van der Waals surface area contributed by atoms with Gasteiger partial charge in [0.25, 0.3) is 0 Å². The van der Waals surface area contributed by atoms with Crippen LogP contribution >= 0.6 is 0 Å². The third kappa shape index (κ3) is 5.24. The van der Waals surface area contributed by atoms with Gasteiger partial charge in [-0.15, -0.1) is 0 Å². The van der Waals surface area contributed by atoms with Crippen LogP contribution < -0.4 is 10.4 Å². The van der Waals surface area contributed by atoms with E-state index in [4.69, 9.17) is 10.5 Å². The van der Waals surface area contributed by atoms with Crippen LogP contribution in [0.5, 0.6) is 0 Å². The minimum absolute atomic E-state index is 0.253. The molecule has 0 aliphatic heterocycles. The molecule has 0 N–H and O–H groups in total. The largest absolute Gasteiger partial charge is 0.434 e. The summed E-state index contributed by atoms with van der Waals surface area (Å²) in [5.74, 6) is 0. The molecule has 0 fully saturated rings. The first-order valence-corrected chi connectivity index (χ1v) is 10.3. The lowest BCUT2D eigenvalue weighted by Gasteiger charge is -2.10. The fraction of sp³-hybridized carbons (Fsp3) is 0.0769. The Morgan fingerprint density at radius 2 is 0.850 bits per heavy atom. The zero-order chi connectivity index (χ0) is 29.8. The predicted octanol–water partition coefficient (Wildman–Crippen LogP) is 3.45. The van der Waals surface area contributed by atoms with E-state index < -0.39 is 46.0 Å². The minimum atomic E-state index is -4.97. The molecule has 0 saturated carbocycles. The van der Waals surface area contributed by atoms with Gasteiger partial charge in [0.15, 0.2) is 11.4 Å². The van der Waals surface area contributed by atoms with Crippen molar-refractivity contribution in [1.29, 1.82) is 31.6 Å². The number of nitrogens with zero attached hydrogens (tertiary/aromatic N) is 8. The molecule has 192 valence electrons. The van der Waals surface area contributed by atoms with Crippen molar-refractivity contribution >= 4 is 11.1 Å². The fourth-order valence-electron chi connectivity index (χ4n) is 3.58. The Bertz CT molecular complexity index is 1800. The third-order valence-electron chi connectivity index (χ3n) is 5.29. The van der Waals surface area contributed by atoms with Crippen LogP contribution in [-0.2, 0) is 12.4 Å². The Morgan fingerprint density at radius 3 is 1.10 bits per heavy atom. The van der Waals surface area contributed by atoms with Gasteiger partial charge in [0.05, 0.1) is 45.5 Å². The number of alkyl halides is 6. The number of pyridine rings is 2. The molecule has 0 unspecified atom stereocenters. The first-order valence-electron chi connectivity index (χ1n) is 10.3. The molecule has 0 spiro atoms. The van der Waals surface area contributed by atoms with Crippen LogP contribution in [0.3, 0.4) is 0 Å². The average molecular weight is 544 g/mol. The molecule has 0 amide bonds. The van der Waals surface area contributed by atoms with E-state index in [0.29, 0.717) is 12.4 Å². The number of nitriles is 6. The zero-order valence-electron chi connectivity index (χ0n) is 19.3. The summed E-state index contributed by atoms with van der Waals surface area (Å²) in [6.45, 7) is 0. The Balaban J connectivity index is 2.44. The van der Waals surface area contributed by atoms with Gasteiger partial charge in [-0.25, -0.2) is 9.97 Å². The highest BCUT2D eigenvalue weighted by Gasteiger charge is 2.36. The molecular formula is C26H6F6N8.